The van der Waals surface area contributed by atoms with E-state index in [9.17, 15) is 0 Å². The predicted octanol–water partition coefficient (Wildman–Crippen LogP) is 2.85. The summed E-state index contributed by atoms with van der Waals surface area (Å²) in [5.41, 5.74) is 1.32. The lowest BCUT2D eigenvalue weighted by atomic mass is 9.99. The fraction of sp³-hybridized carbons (Fsp3) is 0.625. The average molecular weight is 294 g/mol. The van der Waals surface area contributed by atoms with Gasteiger partial charge in [-0.15, -0.1) is 11.8 Å². The number of ether oxygens (including phenoxy) is 1. The van der Waals surface area contributed by atoms with Crippen molar-refractivity contribution in [1.82, 2.24) is 10.2 Å². The van der Waals surface area contributed by atoms with Gasteiger partial charge in [-0.25, -0.2) is 0 Å². The Morgan fingerprint density at radius 1 is 1.45 bits per heavy atom. The second-order valence-electron chi connectivity index (χ2n) is 5.60. The van der Waals surface area contributed by atoms with Crippen molar-refractivity contribution < 1.29 is 4.74 Å². The molecule has 1 aromatic carbocycles. The van der Waals surface area contributed by atoms with E-state index in [1.165, 1.54) is 42.9 Å². The van der Waals surface area contributed by atoms with Gasteiger partial charge in [-0.05, 0) is 62.8 Å². The molecular formula is C16H26N2OS. The molecule has 1 aromatic rings. The van der Waals surface area contributed by atoms with Gasteiger partial charge in [0.15, 0.2) is 0 Å². The molecule has 0 radical (unpaired) electrons. The maximum absolute atomic E-state index is 5.46. The predicted molar refractivity (Wildman–Crippen MR) is 86.7 cm³/mol. The lowest BCUT2D eigenvalue weighted by Gasteiger charge is -2.27. The number of thioether (sulfide) groups is 1. The summed E-state index contributed by atoms with van der Waals surface area (Å²) in [6.07, 6.45) is 4.75. The molecule has 1 N–H and O–H groups in total. The molecule has 3 nitrogen and oxygen atoms in total. The van der Waals surface area contributed by atoms with Crippen LogP contribution in [0.3, 0.4) is 0 Å². The third-order valence-corrected chi connectivity index (χ3v) is 4.65. The van der Waals surface area contributed by atoms with Crippen LogP contribution >= 0.6 is 11.8 Å². The van der Waals surface area contributed by atoms with E-state index in [0.29, 0.717) is 0 Å². The molecule has 20 heavy (non-hydrogen) atoms. The minimum absolute atomic E-state index is 0.793. The molecule has 1 atom stereocenters. The highest BCUT2D eigenvalue weighted by Gasteiger charge is 2.15. The number of hydrogen-bond acceptors (Lipinski definition) is 4. The summed E-state index contributed by atoms with van der Waals surface area (Å²) in [6, 6.07) is 6.54. The van der Waals surface area contributed by atoms with Crippen LogP contribution in [0, 0.1) is 5.92 Å². The lowest BCUT2D eigenvalue weighted by molar-refractivity contribution is 0.237. The highest BCUT2D eigenvalue weighted by Crippen LogP contribution is 2.28. The van der Waals surface area contributed by atoms with E-state index in [-0.39, 0.29) is 0 Å². The molecule has 0 aromatic heterocycles. The molecule has 1 unspecified atom stereocenters. The first kappa shape index (κ1) is 15.7. The van der Waals surface area contributed by atoms with Crippen LogP contribution in [0.5, 0.6) is 5.75 Å². The number of methoxy groups -OCH3 is 1. The summed E-state index contributed by atoms with van der Waals surface area (Å²) in [6.45, 7) is 4.51. The zero-order valence-electron chi connectivity index (χ0n) is 12.8. The Bertz CT molecular complexity index is 419. The van der Waals surface area contributed by atoms with Crippen molar-refractivity contribution in [3.8, 4) is 5.75 Å². The summed E-state index contributed by atoms with van der Waals surface area (Å²) < 4.78 is 5.46. The minimum Gasteiger partial charge on any atom is -0.496 e. The molecule has 1 saturated heterocycles. The zero-order chi connectivity index (χ0) is 14.4. The van der Waals surface area contributed by atoms with Crippen molar-refractivity contribution in [3.63, 3.8) is 0 Å². The number of piperidine rings is 1. The SMILES string of the molecule is COc1cc(CN(C)CC2CCCNC2)ccc1SC. The molecular weight excluding hydrogens is 268 g/mol. The number of benzene rings is 1. The van der Waals surface area contributed by atoms with Crippen LogP contribution in [0.2, 0.25) is 0 Å². The maximum atomic E-state index is 5.46. The van der Waals surface area contributed by atoms with Crippen molar-refractivity contribution in [3.05, 3.63) is 23.8 Å². The maximum Gasteiger partial charge on any atom is 0.132 e. The number of hydrogen-bond donors (Lipinski definition) is 1. The molecule has 2 rings (SSSR count). The van der Waals surface area contributed by atoms with Crippen molar-refractivity contribution in [2.24, 2.45) is 5.92 Å². The van der Waals surface area contributed by atoms with Gasteiger partial charge in [0.05, 0.1) is 7.11 Å². The Morgan fingerprint density at radius 3 is 2.95 bits per heavy atom. The fourth-order valence-electron chi connectivity index (χ4n) is 2.88. The topological polar surface area (TPSA) is 24.5 Å². The Kier molecular flexibility index (Phi) is 6.20. The van der Waals surface area contributed by atoms with E-state index in [1.54, 1.807) is 18.9 Å². The molecule has 0 spiro atoms. The number of rotatable bonds is 6. The zero-order valence-corrected chi connectivity index (χ0v) is 13.6. The van der Waals surface area contributed by atoms with Gasteiger partial charge in [0.25, 0.3) is 0 Å². The molecule has 0 bridgehead atoms. The van der Waals surface area contributed by atoms with Crippen LogP contribution in [-0.4, -0.2) is 44.9 Å². The monoisotopic (exact) mass is 294 g/mol. The Labute approximate surface area is 127 Å². The van der Waals surface area contributed by atoms with E-state index < -0.39 is 0 Å². The average Bonchev–Trinajstić information content (AvgIpc) is 2.48. The minimum atomic E-state index is 0.793. The van der Waals surface area contributed by atoms with Crippen molar-refractivity contribution in [1.29, 1.82) is 0 Å². The summed E-state index contributed by atoms with van der Waals surface area (Å²) in [7, 11) is 3.96. The van der Waals surface area contributed by atoms with Crippen LogP contribution in [0.15, 0.2) is 23.1 Å². The largest absolute Gasteiger partial charge is 0.496 e. The molecule has 112 valence electrons. The Hall–Kier alpha value is -0.710. The molecule has 4 heteroatoms. The molecule has 1 aliphatic rings. The Balaban J connectivity index is 1.91. The van der Waals surface area contributed by atoms with Gasteiger partial charge in [0, 0.05) is 18.0 Å². The van der Waals surface area contributed by atoms with Gasteiger partial charge in [-0.2, -0.15) is 0 Å². The first-order valence-corrected chi connectivity index (χ1v) is 8.55. The van der Waals surface area contributed by atoms with E-state index in [2.05, 4.69) is 41.7 Å². The van der Waals surface area contributed by atoms with Gasteiger partial charge >= 0.3 is 0 Å². The lowest BCUT2D eigenvalue weighted by Crippen LogP contribution is -2.36. The van der Waals surface area contributed by atoms with E-state index in [1.807, 2.05) is 0 Å². The van der Waals surface area contributed by atoms with Gasteiger partial charge in [-0.3, -0.25) is 0 Å². The van der Waals surface area contributed by atoms with Crippen LogP contribution in [0.4, 0.5) is 0 Å². The number of nitrogens with zero attached hydrogens (tertiary/aromatic N) is 1. The third-order valence-electron chi connectivity index (χ3n) is 3.87. The van der Waals surface area contributed by atoms with Crippen molar-refractivity contribution >= 4 is 11.8 Å². The van der Waals surface area contributed by atoms with Crippen molar-refractivity contribution in [2.45, 2.75) is 24.3 Å². The van der Waals surface area contributed by atoms with Crippen LogP contribution in [0.1, 0.15) is 18.4 Å². The normalized spacial score (nSPS) is 19.3. The van der Waals surface area contributed by atoms with E-state index in [0.717, 1.165) is 18.2 Å². The Morgan fingerprint density at radius 2 is 2.30 bits per heavy atom. The first-order valence-electron chi connectivity index (χ1n) is 7.33. The van der Waals surface area contributed by atoms with Crippen molar-refractivity contribution in [2.75, 3.05) is 40.0 Å². The molecule has 1 heterocycles. The van der Waals surface area contributed by atoms with Gasteiger partial charge < -0.3 is 15.0 Å². The highest BCUT2D eigenvalue weighted by atomic mass is 32.2. The van der Waals surface area contributed by atoms with E-state index in [4.69, 9.17) is 4.74 Å². The molecule has 1 fully saturated rings. The van der Waals surface area contributed by atoms with Gasteiger partial charge in [-0.1, -0.05) is 6.07 Å². The van der Waals surface area contributed by atoms with Gasteiger partial charge in [0.1, 0.15) is 5.75 Å². The molecule has 0 amide bonds. The first-order chi connectivity index (χ1) is 9.72. The molecule has 0 saturated carbocycles. The molecule has 0 aliphatic carbocycles. The summed E-state index contributed by atoms with van der Waals surface area (Å²) in [5, 5.41) is 3.49. The van der Waals surface area contributed by atoms with Crippen LogP contribution < -0.4 is 10.1 Å². The number of nitrogens with one attached hydrogen (secondary N) is 1. The van der Waals surface area contributed by atoms with Crippen LogP contribution in [-0.2, 0) is 6.54 Å². The fourth-order valence-corrected chi connectivity index (χ4v) is 3.42. The summed E-state index contributed by atoms with van der Waals surface area (Å²) in [4.78, 5) is 3.63. The second-order valence-corrected chi connectivity index (χ2v) is 6.45. The third kappa shape index (κ3) is 4.40. The summed E-state index contributed by atoms with van der Waals surface area (Å²) in [5.74, 6) is 1.78. The standard InChI is InChI=1S/C16H26N2OS/c1-18(12-14-5-4-8-17-10-14)11-13-6-7-16(20-3)15(9-13)19-2/h6-7,9,14,17H,4-5,8,10-12H2,1-3H3. The van der Waals surface area contributed by atoms with Crippen LogP contribution in [0.25, 0.3) is 0 Å². The van der Waals surface area contributed by atoms with E-state index >= 15 is 0 Å². The highest BCUT2D eigenvalue weighted by molar-refractivity contribution is 7.98. The second kappa shape index (κ2) is 7.91. The molecule has 1 aliphatic heterocycles. The quantitative estimate of drug-likeness (QED) is 0.816. The smallest absolute Gasteiger partial charge is 0.132 e. The van der Waals surface area contributed by atoms with Gasteiger partial charge in [0.2, 0.25) is 0 Å². The summed E-state index contributed by atoms with van der Waals surface area (Å²) >= 11 is 1.73.